The summed E-state index contributed by atoms with van der Waals surface area (Å²) in [5.74, 6) is 0.132. The summed E-state index contributed by atoms with van der Waals surface area (Å²) in [6.07, 6.45) is 1.44. The minimum atomic E-state index is -0.588. The molecule has 7 nitrogen and oxygen atoms in total. The van der Waals surface area contributed by atoms with Gasteiger partial charge in [0.05, 0.1) is 18.4 Å². The Bertz CT molecular complexity index is 876. The second-order valence-electron chi connectivity index (χ2n) is 5.34. The molecule has 1 aliphatic heterocycles. The molecule has 0 unspecified atom stereocenters. The zero-order chi connectivity index (χ0) is 17.3. The first-order chi connectivity index (χ1) is 11.6. The standard InChI is InChI=1S/C17H16N4O3/c1-3-24-17(23)14-10(2)20-16-12(8-18)9-19-21(16)15(14)11-5-4-6-13(22)7-11/h4-7,9,15,20,22H,3H2,1-2H3/t15-/m0/s1. The van der Waals surface area contributed by atoms with Crippen LogP contribution in [0, 0.1) is 11.3 Å². The number of rotatable bonds is 3. The summed E-state index contributed by atoms with van der Waals surface area (Å²) in [5.41, 5.74) is 2.03. The molecule has 0 radical (unpaired) electrons. The number of aromatic hydroxyl groups is 1. The number of nitrogens with one attached hydrogen (secondary N) is 1. The molecule has 0 saturated heterocycles. The van der Waals surface area contributed by atoms with Crippen LogP contribution in [0.5, 0.6) is 5.75 Å². The number of anilines is 1. The molecule has 122 valence electrons. The molecule has 2 aromatic rings. The Kier molecular flexibility index (Phi) is 3.96. The summed E-state index contributed by atoms with van der Waals surface area (Å²) in [5, 5.41) is 26.4. The highest BCUT2D eigenvalue weighted by Gasteiger charge is 2.35. The Hall–Kier alpha value is -3.27. The first-order valence-electron chi connectivity index (χ1n) is 7.48. The number of hydrogen-bond donors (Lipinski definition) is 2. The van der Waals surface area contributed by atoms with Gasteiger partial charge in [-0.15, -0.1) is 0 Å². The maximum Gasteiger partial charge on any atom is 0.338 e. The van der Waals surface area contributed by atoms with Gasteiger partial charge in [0, 0.05) is 5.70 Å². The molecule has 1 aliphatic rings. The van der Waals surface area contributed by atoms with Crippen molar-refractivity contribution in [2.45, 2.75) is 19.9 Å². The maximum absolute atomic E-state index is 12.5. The summed E-state index contributed by atoms with van der Waals surface area (Å²) >= 11 is 0. The van der Waals surface area contributed by atoms with Crippen LogP contribution in [0.1, 0.15) is 31.0 Å². The number of allylic oxidation sites excluding steroid dienone is 1. The van der Waals surface area contributed by atoms with E-state index >= 15 is 0 Å². The summed E-state index contributed by atoms with van der Waals surface area (Å²) in [7, 11) is 0. The Balaban J connectivity index is 2.21. The molecule has 1 atom stereocenters. The molecule has 2 heterocycles. The van der Waals surface area contributed by atoms with Crippen molar-refractivity contribution in [3.05, 3.63) is 52.9 Å². The van der Waals surface area contributed by atoms with Gasteiger partial charge in [0.15, 0.2) is 0 Å². The van der Waals surface area contributed by atoms with Crippen molar-refractivity contribution in [2.75, 3.05) is 11.9 Å². The minimum absolute atomic E-state index is 0.0844. The SMILES string of the molecule is CCOC(=O)C1=C(C)Nc2c(C#N)cnn2[C@H]1c1cccc(O)c1. The van der Waals surface area contributed by atoms with Crippen molar-refractivity contribution in [3.63, 3.8) is 0 Å². The largest absolute Gasteiger partial charge is 0.508 e. The highest BCUT2D eigenvalue weighted by atomic mass is 16.5. The predicted octanol–water partition coefficient (Wildman–Crippen LogP) is 2.31. The van der Waals surface area contributed by atoms with Gasteiger partial charge in [0.2, 0.25) is 0 Å². The van der Waals surface area contributed by atoms with Gasteiger partial charge < -0.3 is 15.2 Å². The molecule has 3 rings (SSSR count). The van der Waals surface area contributed by atoms with Crippen molar-refractivity contribution in [1.82, 2.24) is 9.78 Å². The zero-order valence-corrected chi connectivity index (χ0v) is 13.3. The Labute approximate surface area is 138 Å². The van der Waals surface area contributed by atoms with Gasteiger partial charge in [-0.25, -0.2) is 9.48 Å². The number of hydrogen-bond acceptors (Lipinski definition) is 6. The van der Waals surface area contributed by atoms with Gasteiger partial charge >= 0.3 is 5.97 Å². The summed E-state index contributed by atoms with van der Waals surface area (Å²) < 4.78 is 6.74. The smallest absolute Gasteiger partial charge is 0.338 e. The van der Waals surface area contributed by atoms with Crippen LogP contribution in [0.25, 0.3) is 0 Å². The number of ether oxygens (including phenoxy) is 1. The van der Waals surface area contributed by atoms with Gasteiger partial charge in [-0.05, 0) is 31.5 Å². The predicted molar refractivity (Wildman–Crippen MR) is 86.1 cm³/mol. The van der Waals surface area contributed by atoms with E-state index in [-0.39, 0.29) is 12.4 Å². The number of phenols is 1. The van der Waals surface area contributed by atoms with Crippen LogP contribution in [0.4, 0.5) is 5.82 Å². The number of esters is 1. The van der Waals surface area contributed by atoms with Crippen molar-refractivity contribution < 1.29 is 14.6 Å². The fraction of sp³-hybridized carbons (Fsp3) is 0.235. The second kappa shape index (κ2) is 6.08. The molecule has 1 aromatic carbocycles. The molecule has 0 aliphatic carbocycles. The van der Waals surface area contributed by atoms with Gasteiger partial charge in [-0.1, -0.05) is 12.1 Å². The number of aromatic nitrogens is 2. The summed E-state index contributed by atoms with van der Waals surface area (Å²) in [4.78, 5) is 12.5. The lowest BCUT2D eigenvalue weighted by Gasteiger charge is -2.29. The van der Waals surface area contributed by atoms with Crippen LogP contribution in [0.3, 0.4) is 0 Å². The van der Waals surface area contributed by atoms with Gasteiger partial charge in [0.1, 0.15) is 29.2 Å². The molecular formula is C17H16N4O3. The second-order valence-corrected chi connectivity index (χ2v) is 5.34. The molecule has 0 saturated carbocycles. The van der Waals surface area contributed by atoms with Crippen LogP contribution in [-0.4, -0.2) is 27.5 Å². The molecular weight excluding hydrogens is 308 g/mol. The van der Waals surface area contributed by atoms with Gasteiger partial charge in [-0.3, -0.25) is 0 Å². The fourth-order valence-electron chi connectivity index (χ4n) is 2.81. The van der Waals surface area contributed by atoms with E-state index in [1.165, 1.54) is 6.20 Å². The van der Waals surface area contributed by atoms with Crippen molar-refractivity contribution in [2.24, 2.45) is 0 Å². The van der Waals surface area contributed by atoms with Crippen molar-refractivity contribution >= 4 is 11.8 Å². The van der Waals surface area contributed by atoms with Crippen molar-refractivity contribution in [1.29, 1.82) is 5.26 Å². The highest BCUT2D eigenvalue weighted by Crippen LogP contribution is 2.38. The van der Waals surface area contributed by atoms with Crippen LogP contribution in [0.15, 0.2) is 41.7 Å². The molecule has 0 amide bonds. The average molecular weight is 324 g/mol. The highest BCUT2D eigenvalue weighted by molar-refractivity contribution is 5.92. The van der Waals surface area contributed by atoms with E-state index in [9.17, 15) is 15.2 Å². The number of nitriles is 1. The molecule has 1 aromatic heterocycles. The van der Waals surface area contributed by atoms with E-state index in [1.54, 1.807) is 42.8 Å². The third-order valence-corrected chi connectivity index (χ3v) is 3.83. The van der Waals surface area contributed by atoms with E-state index in [4.69, 9.17) is 4.74 Å². The van der Waals surface area contributed by atoms with Gasteiger partial charge in [0.25, 0.3) is 0 Å². The van der Waals surface area contributed by atoms with E-state index in [0.717, 1.165) is 0 Å². The summed E-state index contributed by atoms with van der Waals surface area (Å²) in [6.45, 7) is 3.73. The maximum atomic E-state index is 12.5. The normalized spacial score (nSPS) is 16.1. The Morgan fingerprint density at radius 1 is 1.54 bits per heavy atom. The fourth-order valence-corrected chi connectivity index (χ4v) is 2.81. The molecule has 24 heavy (non-hydrogen) atoms. The van der Waals surface area contributed by atoms with E-state index in [0.29, 0.717) is 28.2 Å². The number of nitrogens with zero attached hydrogens (tertiary/aromatic N) is 3. The average Bonchev–Trinajstić information content (AvgIpc) is 2.96. The van der Waals surface area contributed by atoms with Gasteiger partial charge in [-0.2, -0.15) is 10.4 Å². The minimum Gasteiger partial charge on any atom is -0.508 e. The third kappa shape index (κ3) is 2.48. The number of fused-ring (bicyclic) bond motifs is 1. The summed E-state index contributed by atoms with van der Waals surface area (Å²) in [6, 6.07) is 8.09. The van der Waals surface area contributed by atoms with E-state index in [2.05, 4.69) is 16.5 Å². The number of phenolic OH excluding ortho intramolecular Hbond substituents is 1. The number of carbonyl (C=O) groups is 1. The topological polar surface area (TPSA) is 100 Å². The van der Waals surface area contributed by atoms with Crippen LogP contribution < -0.4 is 5.32 Å². The van der Waals surface area contributed by atoms with Crippen LogP contribution >= 0.6 is 0 Å². The lowest BCUT2D eigenvalue weighted by Crippen LogP contribution is -2.29. The zero-order valence-electron chi connectivity index (χ0n) is 13.3. The van der Waals surface area contributed by atoms with Crippen LogP contribution in [-0.2, 0) is 9.53 Å². The van der Waals surface area contributed by atoms with E-state index < -0.39 is 12.0 Å². The number of carbonyl (C=O) groups excluding carboxylic acids is 1. The quantitative estimate of drug-likeness (QED) is 0.840. The Morgan fingerprint density at radius 3 is 3.00 bits per heavy atom. The third-order valence-electron chi connectivity index (χ3n) is 3.83. The van der Waals surface area contributed by atoms with Crippen LogP contribution in [0.2, 0.25) is 0 Å². The Morgan fingerprint density at radius 2 is 2.33 bits per heavy atom. The molecule has 2 N–H and O–H groups in total. The lowest BCUT2D eigenvalue weighted by molar-refractivity contribution is -0.139. The molecule has 7 heteroatoms. The first kappa shape index (κ1) is 15.6. The lowest BCUT2D eigenvalue weighted by atomic mass is 9.95. The van der Waals surface area contributed by atoms with Crippen molar-refractivity contribution in [3.8, 4) is 11.8 Å². The van der Waals surface area contributed by atoms with E-state index in [1.807, 2.05) is 0 Å². The monoisotopic (exact) mass is 324 g/mol. The molecule has 0 bridgehead atoms. The first-order valence-corrected chi connectivity index (χ1v) is 7.48. The number of benzene rings is 1. The molecule has 0 fully saturated rings. The molecule has 0 spiro atoms.